The van der Waals surface area contributed by atoms with Gasteiger partial charge >= 0.3 is 6.03 Å². The Balaban J connectivity index is 1.39. The molecule has 23 heavy (non-hydrogen) atoms. The number of fused-ring (bicyclic) bond motifs is 2. The zero-order valence-electron chi connectivity index (χ0n) is 14.0. The number of aliphatic hydroxyl groups excluding tert-OH is 1. The number of imide groups is 1. The van der Waals surface area contributed by atoms with Crippen molar-refractivity contribution in [3.63, 3.8) is 0 Å². The van der Waals surface area contributed by atoms with Gasteiger partial charge in [-0.15, -0.1) is 0 Å². The number of carbonyl (C=O) groups is 2. The Hall–Kier alpha value is -1.14. The van der Waals surface area contributed by atoms with Crippen LogP contribution in [0.25, 0.3) is 0 Å². The summed E-state index contributed by atoms with van der Waals surface area (Å²) in [5, 5.41) is 15.0. The largest absolute Gasteiger partial charge is 0.392 e. The number of urea groups is 1. The lowest BCUT2D eigenvalue weighted by Crippen LogP contribution is -2.50. The lowest BCUT2D eigenvalue weighted by Gasteiger charge is -2.30. The van der Waals surface area contributed by atoms with Gasteiger partial charge in [-0.25, -0.2) is 4.79 Å². The number of likely N-dealkylation sites (tertiary alicyclic amines) is 1. The van der Waals surface area contributed by atoms with Gasteiger partial charge in [0.1, 0.15) is 0 Å². The van der Waals surface area contributed by atoms with Crippen molar-refractivity contribution in [2.24, 2.45) is 17.8 Å². The predicted octanol–water partition coefficient (Wildman–Crippen LogP) is 1.09. The van der Waals surface area contributed by atoms with Crippen LogP contribution < -0.4 is 10.6 Å². The van der Waals surface area contributed by atoms with E-state index in [2.05, 4.69) is 17.6 Å². The second-order valence-electron chi connectivity index (χ2n) is 7.68. The Morgan fingerprint density at radius 2 is 2.09 bits per heavy atom. The van der Waals surface area contributed by atoms with Crippen molar-refractivity contribution in [1.29, 1.82) is 0 Å². The van der Waals surface area contributed by atoms with Crippen molar-refractivity contribution in [2.75, 3.05) is 19.6 Å². The minimum Gasteiger partial charge on any atom is -0.392 e. The van der Waals surface area contributed by atoms with Crippen LogP contribution in [0.15, 0.2) is 0 Å². The summed E-state index contributed by atoms with van der Waals surface area (Å²) in [7, 11) is 0. The Bertz CT molecular complexity index is 456. The molecule has 1 heterocycles. The van der Waals surface area contributed by atoms with Crippen LogP contribution in [-0.2, 0) is 4.79 Å². The quantitative estimate of drug-likeness (QED) is 0.723. The summed E-state index contributed by atoms with van der Waals surface area (Å²) in [5.41, 5.74) is 0. The topological polar surface area (TPSA) is 81.7 Å². The molecule has 2 aliphatic carbocycles. The fourth-order valence-electron chi connectivity index (χ4n) is 4.80. The Labute approximate surface area is 138 Å². The fourth-order valence-corrected chi connectivity index (χ4v) is 4.80. The van der Waals surface area contributed by atoms with Gasteiger partial charge in [-0.1, -0.05) is 6.42 Å². The van der Waals surface area contributed by atoms with Gasteiger partial charge in [0.05, 0.1) is 12.6 Å². The summed E-state index contributed by atoms with van der Waals surface area (Å²) in [6.45, 7) is 3.54. The fraction of sp³-hybridized carbons (Fsp3) is 0.882. The molecule has 130 valence electrons. The molecule has 0 aromatic rings. The predicted molar refractivity (Wildman–Crippen MR) is 86.8 cm³/mol. The number of carbonyl (C=O) groups excluding carboxylic acids is 2. The average molecular weight is 323 g/mol. The number of piperidine rings is 1. The molecule has 3 N–H and O–H groups in total. The van der Waals surface area contributed by atoms with Gasteiger partial charge in [0.2, 0.25) is 5.91 Å². The summed E-state index contributed by atoms with van der Waals surface area (Å²) >= 11 is 0. The molecule has 0 spiro atoms. The van der Waals surface area contributed by atoms with Crippen molar-refractivity contribution < 1.29 is 14.7 Å². The van der Waals surface area contributed by atoms with Crippen LogP contribution in [0.2, 0.25) is 0 Å². The number of hydrogen-bond acceptors (Lipinski definition) is 4. The lowest BCUT2D eigenvalue weighted by atomic mass is 9.84. The zero-order chi connectivity index (χ0) is 16.4. The summed E-state index contributed by atoms with van der Waals surface area (Å²) in [6.07, 6.45) is 6.49. The molecule has 3 aliphatic rings. The van der Waals surface area contributed by atoms with Crippen molar-refractivity contribution in [2.45, 2.75) is 57.6 Å². The molecule has 5 atom stereocenters. The molecular weight excluding hydrogens is 294 g/mol. The van der Waals surface area contributed by atoms with Crippen molar-refractivity contribution in [1.82, 2.24) is 15.5 Å². The molecule has 6 nitrogen and oxygen atoms in total. The second-order valence-corrected chi connectivity index (χ2v) is 7.68. The molecule has 1 aliphatic heterocycles. The second kappa shape index (κ2) is 7.18. The van der Waals surface area contributed by atoms with Gasteiger partial charge in [-0.3, -0.25) is 15.0 Å². The molecular formula is C17H29N3O3. The molecule has 2 bridgehead atoms. The Morgan fingerprint density at radius 1 is 1.26 bits per heavy atom. The van der Waals surface area contributed by atoms with E-state index in [1.54, 1.807) is 0 Å². The maximum absolute atomic E-state index is 12.0. The highest BCUT2D eigenvalue weighted by atomic mass is 16.3. The third-order valence-corrected chi connectivity index (χ3v) is 5.89. The number of nitrogens with zero attached hydrogens (tertiary/aromatic N) is 1. The third-order valence-electron chi connectivity index (χ3n) is 5.89. The first-order valence-corrected chi connectivity index (χ1v) is 9.02. The Morgan fingerprint density at radius 3 is 2.74 bits per heavy atom. The number of rotatable bonds is 4. The van der Waals surface area contributed by atoms with Crippen molar-refractivity contribution in [3.05, 3.63) is 0 Å². The zero-order valence-corrected chi connectivity index (χ0v) is 14.0. The van der Waals surface area contributed by atoms with Gasteiger partial charge in [0.15, 0.2) is 0 Å². The normalized spacial score (nSPS) is 35.0. The van der Waals surface area contributed by atoms with Crippen molar-refractivity contribution in [3.8, 4) is 0 Å². The first kappa shape index (κ1) is 16.7. The van der Waals surface area contributed by atoms with Crippen LogP contribution in [0.3, 0.4) is 0 Å². The molecule has 3 amide bonds. The molecule has 1 saturated heterocycles. The standard InChI is InChI=1S/C17H29N3O3/c1-11(15-8-12-4-5-13(15)7-12)18-17(23)19-16(22)10-20-6-2-3-14(21)9-20/h11-15,21H,2-10H2,1H3,(H2,18,19,22,23). The van der Waals surface area contributed by atoms with Crippen LogP contribution in [0.1, 0.15) is 45.4 Å². The minimum absolute atomic E-state index is 0.120. The highest BCUT2D eigenvalue weighted by Crippen LogP contribution is 2.49. The van der Waals surface area contributed by atoms with Crippen molar-refractivity contribution >= 4 is 11.9 Å². The molecule has 0 radical (unpaired) electrons. The van der Waals surface area contributed by atoms with E-state index in [1.807, 2.05) is 4.90 Å². The van der Waals surface area contributed by atoms with Gasteiger partial charge in [-0.2, -0.15) is 0 Å². The molecule has 6 heteroatoms. The van der Waals surface area contributed by atoms with Crippen LogP contribution in [0.4, 0.5) is 4.79 Å². The van der Waals surface area contributed by atoms with E-state index in [9.17, 15) is 14.7 Å². The SMILES string of the molecule is CC(NC(=O)NC(=O)CN1CCCC(O)C1)C1CC2CCC1C2. The van der Waals surface area contributed by atoms with E-state index < -0.39 is 0 Å². The monoisotopic (exact) mass is 323 g/mol. The molecule has 3 rings (SSSR count). The van der Waals surface area contributed by atoms with Gasteiger partial charge < -0.3 is 10.4 Å². The summed E-state index contributed by atoms with van der Waals surface area (Å²) in [4.78, 5) is 25.9. The van der Waals surface area contributed by atoms with E-state index in [0.29, 0.717) is 12.5 Å². The van der Waals surface area contributed by atoms with Gasteiger partial charge in [0, 0.05) is 12.6 Å². The van der Waals surface area contributed by atoms with E-state index in [0.717, 1.165) is 31.2 Å². The number of hydrogen-bond donors (Lipinski definition) is 3. The maximum Gasteiger partial charge on any atom is 0.321 e. The first-order valence-electron chi connectivity index (χ1n) is 9.02. The smallest absolute Gasteiger partial charge is 0.321 e. The summed E-state index contributed by atoms with van der Waals surface area (Å²) < 4.78 is 0. The van der Waals surface area contributed by atoms with Crippen LogP contribution in [-0.4, -0.2) is 53.7 Å². The Kier molecular flexibility index (Phi) is 5.21. The molecule has 2 saturated carbocycles. The highest BCUT2D eigenvalue weighted by molar-refractivity contribution is 5.95. The maximum atomic E-state index is 12.0. The number of β-amino-alcohol motifs (C(OH)–C–C–N with tert-alkyl or cyclic N) is 1. The average Bonchev–Trinajstić information content (AvgIpc) is 3.09. The summed E-state index contributed by atoms with van der Waals surface area (Å²) in [5.74, 6) is 1.87. The molecule has 0 aromatic heterocycles. The number of amides is 3. The van der Waals surface area contributed by atoms with E-state index in [-0.39, 0.29) is 30.6 Å². The molecule has 5 unspecified atom stereocenters. The van der Waals surface area contributed by atoms with Crippen LogP contribution >= 0.6 is 0 Å². The number of nitrogens with one attached hydrogen (secondary N) is 2. The lowest BCUT2D eigenvalue weighted by molar-refractivity contribution is -0.121. The van der Waals surface area contributed by atoms with E-state index >= 15 is 0 Å². The van der Waals surface area contributed by atoms with E-state index in [4.69, 9.17) is 0 Å². The van der Waals surface area contributed by atoms with Gasteiger partial charge in [0.25, 0.3) is 0 Å². The highest BCUT2D eigenvalue weighted by Gasteiger charge is 2.42. The minimum atomic E-state index is -0.386. The summed E-state index contributed by atoms with van der Waals surface area (Å²) in [6, 6.07) is -0.266. The molecule has 0 aromatic carbocycles. The molecule has 3 fully saturated rings. The van der Waals surface area contributed by atoms with Crippen LogP contribution in [0, 0.1) is 17.8 Å². The number of aliphatic hydroxyl groups is 1. The van der Waals surface area contributed by atoms with Crippen LogP contribution in [0.5, 0.6) is 0 Å². The third kappa shape index (κ3) is 4.23. The van der Waals surface area contributed by atoms with Gasteiger partial charge in [-0.05, 0) is 63.3 Å². The van der Waals surface area contributed by atoms with E-state index in [1.165, 1.54) is 25.7 Å². The first-order chi connectivity index (χ1) is 11.0.